The maximum Gasteiger partial charge on any atom is 0.321 e. The van der Waals surface area contributed by atoms with Gasteiger partial charge in [0.2, 0.25) is 10.5 Å². The lowest BCUT2D eigenvalue weighted by Crippen LogP contribution is -2.66. The number of carbonyl (C=O) groups is 2. The van der Waals surface area contributed by atoms with Gasteiger partial charge in [-0.05, 0) is 67.5 Å². The summed E-state index contributed by atoms with van der Waals surface area (Å²) < 4.78 is 13.9. The van der Waals surface area contributed by atoms with Crippen molar-refractivity contribution in [1.29, 1.82) is 0 Å². The van der Waals surface area contributed by atoms with E-state index in [-0.39, 0.29) is 5.24 Å². The SMILES string of the molecule is CC(C)(C(=O)Cl)C(C)(C)[Si](C)(C)O[Si](C)(O[Si](C)(C)C)C(C)(C)C(C)(C)C(=O)Cl. The lowest BCUT2D eigenvalue weighted by molar-refractivity contribution is -0.121. The van der Waals surface area contributed by atoms with Gasteiger partial charge in [0.25, 0.3) is 0 Å². The van der Waals surface area contributed by atoms with Crippen molar-refractivity contribution in [1.82, 2.24) is 0 Å². The minimum absolute atomic E-state index is 0.378. The van der Waals surface area contributed by atoms with Gasteiger partial charge in [0.1, 0.15) is 0 Å². The molecule has 0 saturated carbocycles. The van der Waals surface area contributed by atoms with Crippen LogP contribution in [0.5, 0.6) is 0 Å². The number of rotatable bonds is 10. The summed E-state index contributed by atoms with van der Waals surface area (Å²) in [4.78, 5) is 24.6. The van der Waals surface area contributed by atoms with Crippen molar-refractivity contribution < 1.29 is 17.8 Å². The molecule has 29 heavy (non-hydrogen) atoms. The van der Waals surface area contributed by atoms with Crippen LogP contribution in [0.4, 0.5) is 0 Å². The lowest BCUT2D eigenvalue weighted by Gasteiger charge is -2.57. The molecular weight excluding hydrogens is 459 g/mol. The van der Waals surface area contributed by atoms with Crippen molar-refractivity contribution in [2.24, 2.45) is 10.8 Å². The van der Waals surface area contributed by atoms with E-state index in [0.717, 1.165) is 0 Å². The Labute approximate surface area is 191 Å². The van der Waals surface area contributed by atoms with Gasteiger partial charge in [-0.15, -0.1) is 0 Å². The maximum atomic E-state index is 12.4. The summed E-state index contributed by atoms with van der Waals surface area (Å²) in [6.07, 6.45) is 0. The molecule has 1 atom stereocenters. The fourth-order valence-corrected chi connectivity index (χ4v) is 19.0. The van der Waals surface area contributed by atoms with Crippen LogP contribution in [0.1, 0.15) is 55.4 Å². The average molecular weight is 502 g/mol. The van der Waals surface area contributed by atoms with Gasteiger partial charge >= 0.3 is 8.56 Å². The van der Waals surface area contributed by atoms with E-state index in [1.54, 1.807) is 0 Å². The first kappa shape index (κ1) is 29.5. The van der Waals surface area contributed by atoms with Gasteiger partial charge in [-0.3, -0.25) is 9.59 Å². The highest BCUT2D eigenvalue weighted by atomic mass is 35.5. The second-order valence-electron chi connectivity index (χ2n) is 11.8. The summed E-state index contributed by atoms with van der Waals surface area (Å²) in [5.41, 5.74) is -1.62. The monoisotopic (exact) mass is 500 g/mol. The Bertz CT molecular complexity index is 653. The fraction of sp³-hybridized carbons (Fsp3) is 0.900. The highest BCUT2D eigenvalue weighted by Crippen LogP contribution is 2.59. The Hall–Kier alpha value is 0.491. The van der Waals surface area contributed by atoms with E-state index < -0.39 is 51.3 Å². The van der Waals surface area contributed by atoms with E-state index in [1.165, 1.54) is 0 Å². The molecule has 0 aliphatic carbocycles. The summed E-state index contributed by atoms with van der Waals surface area (Å²) in [6.45, 7) is 28.2. The van der Waals surface area contributed by atoms with Crippen LogP contribution in [-0.2, 0) is 17.8 Å². The van der Waals surface area contributed by atoms with Crippen molar-refractivity contribution >= 4 is 58.9 Å². The fourth-order valence-electron chi connectivity index (χ4n) is 3.29. The van der Waals surface area contributed by atoms with Gasteiger partial charge in [0.05, 0.1) is 0 Å². The third-order valence-electron chi connectivity index (χ3n) is 7.70. The third kappa shape index (κ3) is 5.46. The molecule has 9 heteroatoms. The normalized spacial score (nSPS) is 17.1. The van der Waals surface area contributed by atoms with Crippen molar-refractivity contribution in [2.75, 3.05) is 0 Å². The zero-order chi connectivity index (χ0) is 24.1. The molecule has 0 aliphatic heterocycles. The van der Waals surface area contributed by atoms with Gasteiger partial charge < -0.3 is 8.23 Å². The summed E-state index contributed by atoms with van der Waals surface area (Å²) in [5.74, 6) is 0. The van der Waals surface area contributed by atoms with E-state index >= 15 is 0 Å². The highest BCUT2D eigenvalue weighted by Gasteiger charge is 2.64. The van der Waals surface area contributed by atoms with Crippen molar-refractivity contribution in [3.63, 3.8) is 0 Å². The first-order valence-corrected chi connectivity index (χ1v) is 19.5. The zero-order valence-electron chi connectivity index (χ0n) is 20.9. The topological polar surface area (TPSA) is 52.6 Å². The van der Waals surface area contributed by atoms with Crippen LogP contribution in [0.3, 0.4) is 0 Å². The van der Waals surface area contributed by atoms with E-state index in [9.17, 15) is 9.59 Å². The summed E-state index contributed by atoms with van der Waals surface area (Å²) in [7, 11) is -7.63. The quantitative estimate of drug-likeness (QED) is 0.233. The first-order chi connectivity index (χ1) is 12.3. The van der Waals surface area contributed by atoms with E-state index in [1.807, 2.05) is 61.9 Å². The van der Waals surface area contributed by atoms with E-state index in [4.69, 9.17) is 31.4 Å². The molecule has 0 aromatic carbocycles. The predicted octanol–water partition coefficient (Wildman–Crippen LogP) is 7.28. The molecule has 0 spiro atoms. The molecule has 0 aromatic rings. The molecule has 0 N–H and O–H groups in total. The van der Waals surface area contributed by atoms with Gasteiger partial charge in [-0.25, -0.2) is 0 Å². The Kier molecular flexibility index (Phi) is 8.59. The standard InChI is InChI=1S/C20H42Cl2O4Si3/c1-17(2,15(21)23)19(5,6)28(12,13)26-29(14,25-27(9,10)11)20(7,8)18(3,4)16(22)24/h1-14H3. The number of halogens is 2. The molecule has 0 rings (SSSR count). The Morgan fingerprint density at radius 2 is 0.931 bits per heavy atom. The molecule has 0 bridgehead atoms. The predicted molar refractivity (Wildman–Crippen MR) is 132 cm³/mol. The number of hydrogen-bond donors (Lipinski definition) is 0. The van der Waals surface area contributed by atoms with Crippen LogP contribution in [0.25, 0.3) is 0 Å². The van der Waals surface area contributed by atoms with Crippen molar-refractivity contribution in [2.45, 2.75) is 105 Å². The van der Waals surface area contributed by atoms with Gasteiger partial charge in [0.15, 0.2) is 16.6 Å². The largest absolute Gasteiger partial charge is 0.436 e. The highest BCUT2D eigenvalue weighted by molar-refractivity contribution is 6.90. The number of hydrogen-bond acceptors (Lipinski definition) is 4. The Morgan fingerprint density at radius 1 is 0.621 bits per heavy atom. The van der Waals surface area contributed by atoms with Crippen LogP contribution in [0.15, 0.2) is 0 Å². The second kappa shape index (κ2) is 8.45. The molecule has 0 radical (unpaired) electrons. The third-order valence-corrected chi connectivity index (χ3v) is 22.8. The molecule has 172 valence electrons. The van der Waals surface area contributed by atoms with Crippen LogP contribution in [0.2, 0.25) is 49.4 Å². The average Bonchev–Trinajstić information content (AvgIpc) is 2.43. The maximum absolute atomic E-state index is 12.4. The van der Waals surface area contributed by atoms with Crippen LogP contribution < -0.4 is 0 Å². The number of carbonyl (C=O) groups excluding carboxylic acids is 2. The summed E-state index contributed by atoms with van der Waals surface area (Å²) in [5, 5.41) is -1.88. The molecule has 0 heterocycles. The van der Waals surface area contributed by atoms with Crippen LogP contribution >= 0.6 is 23.2 Å². The van der Waals surface area contributed by atoms with Crippen molar-refractivity contribution in [3.05, 3.63) is 0 Å². The summed E-state index contributed by atoms with van der Waals surface area (Å²) >= 11 is 12.0. The van der Waals surface area contributed by atoms with Crippen LogP contribution in [0, 0.1) is 10.8 Å². The smallest absolute Gasteiger partial charge is 0.321 e. The molecule has 4 nitrogen and oxygen atoms in total. The Morgan fingerprint density at radius 3 is 1.21 bits per heavy atom. The molecule has 1 unspecified atom stereocenters. The minimum atomic E-state index is -3.01. The molecule has 0 aliphatic rings. The molecule has 0 aromatic heterocycles. The first-order valence-electron chi connectivity index (χ1n) is 10.1. The van der Waals surface area contributed by atoms with Gasteiger partial charge in [0, 0.05) is 15.9 Å². The lowest BCUT2D eigenvalue weighted by atomic mass is 9.81. The van der Waals surface area contributed by atoms with Gasteiger partial charge in [-0.1, -0.05) is 55.4 Å². The second-order valence-corrected chi connectivity index (χ2v) is 25.8. The van der Waals surface area contributed by atoms with Gasteiger partial charge in [-0.2, -0.15) is 0 Å². The molecule has 0 amide bonds. The van der Waals surface area contributed by atoms with E-state index in [2.05, 4.69) is 32.7 Å². The van der Waals surface area contributed by atoms with Crippen molar-refractivity contribution in [3.8, 4) is 0 Å². The molecular formula is C20H42Cl2O4Si3. The van der Waals surface area contributed by atoms with Crippen LogP contribution in [-0.4, -0.2) is 35.7 Å². The zero-order valence-corrected chi connectivity index (χ0v) is 25.4. The molecule has 0 saturated heterocycles. The molecule has 0 fully saturated rings. The summed E-state index contributed by atoms with van der Waals surface area (Å²) in [6, 6.07) is 0. The Balaban J connectivity index is 6.64. The van der Waals surface area contributed by atoms with E-state index in [0.29, 0.717) is 0 Å². The minimum Gasteiger partial charge on any atom is -0.436 e.